The molecule has 27 heavy (non-hydrogen) atoms. The first-order chi connectivity index (χ1) is 12.6. The van der Waals surface area contributed by atoms with Gasteiger partial charge in [-0.05, 0) is 55.2 Å². The van der Waals surface area contributed by atoms with Gasteiger partial charge in [0.25, 0.3) is 0 Å². The number of ether oxygens (including phenoxy) is 1. The summed E-state index contributed by atoms with van der Waals surface area (Å²) in [5, 5.41) is 19.0. The lowest BCUT2D eigenvalue weighted by molar-refractivity contribution is -0.142. The molecule has 0 aromatic heterocycles. The molecular formula is C19H20N2O5S. The second kappa shape index (κ2) is 7.78. The molecular weight excluding hydrogens is 368 g/mol. The van der Waals surface area contributed by atoms with Crippen molar-refractivity contribution in [2.75, 3.05) is 7.11 Å². The van der Waals surface area contributed by atoms with Crippen molar-refractivity contribution in [3.63, 3.8) is 0 Å². The third-order valence-corrected chi connectivity index (χ3v) is 5.73. The van der Waals surface area contributed by atoms with E-state index in [9.17, 15) is 18.3 Å². The number of carbonyl (C=O) groups is 1. The monoisotopic (exact) mass is 388 g/mol. The molecule has 2 rings (SSSR count). The average Bonchev–Trinajstić information content (AvgIpc) is 2.63. The number of nitrogens with zero attached hydrogens (tertiary/aromatic N) is 1. The second-order valence-corrected chi connectivity index (χ2v) is 7.86. The maximum absolute atomic E-state index is 12.9. The van der Waals surface area contributed by atoms with Crippen LogP contribution in [0.3, 0.4) is 0 Å². The smallest absolute Gasteiger partial charge is 0.328 e. The van der Waals surface area contributed by atoms with Gasteiger partial charge in [-0.3, -0.25) is 0 Å². The van der Waals surface area contributed by atoms with Crippen LogP contribution >= 0.6 is 0 Å². The molecule has 0 saturated heterocycles. The van der Waals surface area contributed by atoms with Crippen LogP contribution in [0.1, 0.15) is 33.9 Å². The quantitative estimate of drug-likeness (QED) is 0.760. The number of rotatable bonds is 5. The molecule has 2 aromatic rings. The van der Waals surface area contributed by atoms with E-state index in [-0.39, 0.29) is 16.2 Å². The van der Waals surface area contributed by atoms with Gasteiger partial charge in [-0.15, -0.1) is 0 Å². The minimum atomic E-state index is -4.13. The highest BCUT2D eigenvalue weighted by Crippen LogP contribution is 2.28. The predicted octanol–water partition coefficient (Wildman–Crippen LogP) is 2.38. The van der Waals surface area contributed by atoms with Crippen LogP contribution in [0.4, 0.5) is 0 Å². The van der Waals surface area contributed by atoms with E-state index in [0.717, 1.165) is 7.11 Å². The molecule has 8 heteroatoms. The fraction of sp³-hybridized carbons (Fsp3) is 0.263. The normalized spacial score (nSPS) is 12.3. The molecule has 2 N–H and O–H groups in total. The summed E-state index contributed by atoms with van der Waals surface area (Å²) in [6.45, 7) is 4.89. The molecule has 0 spiro atoms. The van der Waals surface area contributed by atoms with Crippen LogP contribution in [0, 0.1) is 32.1 Å². The summed E-state index contributed by atoms with van der Waals surface area (Å²) < 4.78 is 32.9. The van der Waals surface area contributed by atoms with Gasteiger partial charge in [-0.1, -0.05) is 18.2 Å². The molecule has 0 aliphatic heterocycles. The van der Waals surface area contributed by atoms with Gasteiger partial charge in [0, 0.05) is 0 Å². The molecule has 1 atom stereocenters. The van der Waals surface area contributed by atoms with E-state index >= 15 is 0 Å². The SMILES string of the molecule is COC(=O)[C@@H](NS(=O)(=O)c1cc(C#N)ccc1C)c1cc(C)c(O)c(C)c1. The maximum Gasteiger partial charge on any atom is 0.328 e. The number of nitrogens with one attached hydrogen (secondary N) is 1. The van der Waals surface area contributed by atoms with Crippen LogP contribution in [0.5, 0.6) is 5.75 Å². The highest BCUT2D eigenvalue weighted by molar-refractivity contribution is 7.89. The Kier molecular flexibility index (Phi) is 5.88. The summed E-state index contributed by atoms with van der Waals surface area (Å²) in [5.41, 5.74) is 1.96. The van der Waals surface area contributed by atoms with Crippen LogP contribution in [0.15, 0.2) is 35.2 Å². The number of aryl methyl sites for hydroxylation is 3. The molecule has 0 heterocycles. The summed E-state index contributed by atoms with van der Waals surface area (Å²) in [4.78, 5) is 12.2. The van der Waals surface area contributed by atoms with Gasteiger partial charge in [0.2, 0.25) is 10.0 Å². The number of hydrogen-bond acceptors (Lipinski definition) is 6. The van der Waals surface area contributed by atoms with E-state index < -0.39 is 22.0 Å². The van der Waals surface area contributed by atoms with E-state index in [1.165, 1.54) is 30.3 Å². The Balaban J connectivity index is 2.54. The summed E-state index contributed by atoms with van der Waals surface area (Å²) in [7, 11) is -2.97. The Labute approximate surface area is 158 Å². The molecule has 0 aliphatic rings. The third-order valence-electron chi connectivity index (χ3n) is 4.16. The first-order valence-corrected chi connectivity index (χ1v) is 9.50. The van der Waals surface area contributed by atoms with Gasteiger partial charge in [-0.25, -0.2) is 13.2 Å². The Bertz CT molecular complexity index is 1020. The Hall–Kier alpha value is -2.89. The van der Waals surface area contributed by atoms with E-state index in [0.29, 0.717) is 22.3 Å². The van der Waals surface area contributed by atoms with E-state index in [1.807, 2.05) is 6.07 Å². The topological polar surface area (TPSA) is 116 Å². The lowest BCUT2D eigenvalue weighted by Crippen LogP contribution is -2.35. The molecule has 142 valence electrons. The Morgan fingerprint density at radius 3 is 2.26 bits per heavy atom. The van der Waals surface area contributed by atoms with Gasteiger partial charge >= 0.3 is 5.97 Å². The first-order valence-electron chi connectivity index (χ1n) is 8.01. The molecule has 0 unspecified atom stereocenters. The lowest BCUT2D eigenvalue weighted by atomic mass is 10.0. The van der Waals surface area contributed by atoms with Crippen LogP contribution in [0.25, 0.3) is 0 Å². The number of benzene rings is 2. The van der Waals surface area contributed by atoms with Crippen molar-refractivity contribution in [3.8, 4) is 11.8 Å². The van der Waals surface area contributed by atoms with Gasteiger partial charge in [0.15, 0.2) is 0 Å². The minimum Gasteiger partial charge on any atom is -0.507 e. The van der Waals surface area contributed by atoms with Gasteiger partial charge in [-0.2, -0.15) is 9.98 Å². The van der Waals surface area contributed by atoms with Crippen molar-refractivity contribution in [3.05, 3.63) is 58.1 Å². The Morgan fingerprint density at radius 1 is 1.15 bits per heavy atom. The molecule has 0 radical (unpaired) electrons. The van der Waals surface area contributed by atoms with Crippen molar-refractivity contribution in [1.29, 1.82) is 5.26 Å². The van der Waals surface area contributed by atoms with Crippen LogP contribution in [-0.2, 0) is 19.6 Å². The van der Waals surface area contributed by atoms with Crippen molar-refractivity contribution < 1.29 is 23.1 Å². The predicted molar refractivity (Wildman–Crippen MR) is 98.6 cm³/mol. The maximum atomic E-state index is 12.9. The highest BCUT2D eigenvalue weighted by Gasteiger charge is 2.30. The van der Waals surface area contributed by atoms with E-state index in [2.05, 4.69) is 4.72 Å². The lowest BCUT2D eigenvalue weighted by Gasteiger charge is -2.19. The number of carbonyl (C=O) groups excluding carboxylic acids is 1. The molecule has 0 amide bonds. The number of phenols is 1. The van der Waals surface area contributed by atoms with Crippen molar-refractivity contribution in [2.45, 2.75) is 31.7 Å². The van der Waals surface area contributed by atoms with Crippen LogP contribution in [-0.4, -0.2) is 26.6 Å². The molecule has 0 fully saturated rings. The largest absolute Gasteiger partial charge is 0.507 e. The molecule has 2 aromatic carbocycles. The minimum absolute atomic E-state index is 0.0720. The molecule has 0 saturated carbocycles. The van der Waals surface area contributed by atoms with Crippen molar-refractivity contribution in [2.24, 2.45) is 0 Å². The number of aromatic hydroxyl groups is 1. The summed E-state index contributed by atoms with van der Waals surface area (Å²) in [6.07, 6.45) is 0. The fourth-order valence-electron chi connectivity index (χ4n) is 2.70. The van der Waals surface area contributed by atoms with E-state index in [1.54, 1.807) is 20.8 Å². The standard InChI is InChI=1S/C19H20N2O5S/c1-11-5-6-14(10-20)9-16(11)27(24,25)21-17(19(23)26-4)15-7-12(2)18(22)13(3)8-15/h5-9,17,21-22H,1-4H3/t17-/m0/s1. The van der Waals surface area contributed by atoms with Gasteiger partial charge in [0.05, 0.1) is 23.6 Å². The fourth-order valence-corrected chi connectivity index (χ4v) is 4.15. The van der Waals surface area contributed by atoms with Crippen LogP contribution in [0.2, 0.25) is 0 Å². The zero-order valence-electron chi connectivity index (χ0n) is 15.4. The molecule has 0 bridgehead atoms. The number of sulfonamides is 1. The first kappa shape index (κ1) is 20.4. The molecule has 7 nitrogen and oxygen atoms in total. The summed E-state index contributed by atoms with van der Waals surface area (Å²) in [5.74, 6) is -0.722. The number of phenolic OH excluding ortho intramolecular Hbond substituents is 1. The number of esters is 1. The number of methoxy groups -OCH3 is 1. The zero-order chi connectivity index (χ0) is 20.4. The summed E-state index contributed by atoms with van der Waals surface area (Å²) in [6, 6.07) is 7.92. The van der Waals surface area contributed by atoms with Gasteiger partial charge < -0.3 is 9.84 Å². The van der Waals surface area contributed by atoms with Gasteiger partial charge in [0.1, 0.15) is 11.8 Å². The average molecular weight is 388 g/mol. The second-order valence-electron chi connectivity index (χ2n) is 6.17. The van der Waals surface area contributed by atoms with Crippen LogP contribution < -0.4 is 4.72 Å². The molecule has 0 aliphatic carbocycles. The Morgan fingerprint density at radius 2 is 1.74 bits per heavy atom. The van der Waals surface area contributed by atoms with Crippen molar-refractivity contribution in [1.82, 2.24) is 4.72 Å². The number of hydrogen-bond donors (Lipinski definition) is 2. The highest BCUT2D eigenvalue weighted by atomic mass is 32.2. The number of nitriles is 1. The van der Waals surface area contributed by atoms with Crippen molar-refractivity contribution >= 4 is 16.0 Å². The summed E-state index contributed by atoms with van der Waals surface area (Å²) >= 11 is 0. The zero-order valence-corrected chi connectivity index (χ0v) is 16.2. The third kappa shape index (κ3) is 4.27. The van der Waals surface area contributed by atoms with E-state index in [4.69, 9.17) is 10.00 Å².